The summed E-state index contributed by atoms with van der Waals surface area (Å²) in [6.07, 6.45) is 4.23. The van der Waals surface area contributed by atoms with Gasteiger partial charge >= 0.3 is 0 Å². The minimum Gasteiger partial charge on any atom is -0.306 e. The molecule has 0 radical (unpaired) electrons. The van der Waals surface area contributed by atoms with Gasteiger partial charge in [0.15, 0.2) is 5.82 Å². The molecule has 0 aliphatic heterocycles. The number of hydrogen-bond acceptors (Lipinski definition) is 5. The predicted molar refractivity (Wildman–Crippen MR) is 141 cm³/mol. The van der Waals surface area contributed by atoms with Crippen molar-refractivity contribution in [3.05, 3.63) is 83.9 Å². The molecule has 3 aromatic heterocycles. The van der Waals surface area contributed by atoms with Gasteiger partial charge in [0.05, 0.1) is 17.9 Å². The fourth-order valence-corrected chi connectivity index (χ4v) is 4.42. The van der Waals surface area contributed by atoms with Crippen molar-refractivity contribution in [2.45, 2.75) is 58.9 Å². The molecule has 8 heteroatoms. The fraction of sp³-hybridized carbons (Fsp3) is 0.321. The summed E-state index contributed by atoms with van der Waals surface area (Å²) in [4.78, 5) is 4.88. The van der Waals surface area contributed by atoms with E-state index in [-0.39, 0.29) is 0 Å². The Bertz CT molecular complexity index is 1380. The van der Waals surface area contributed by atoms with Gasteiger partial charge in [-0.05, 0) is 53.4 Å². The molecule has 3 heterocycles. The fourth-order valence-electron chi connectivity index (χ4n) is 4.42. The van der Waals surface area contributed by atoms with Gasteiger partial charge in [-0.2, -0.15) is 10.3 Å². The first-order chi connectivity index (χ1) is 17.7. The Hall–Kier alpha value is -4.07. The minimum absolute atomic E-state index is 0.373. The number of H-pyrrole nitrogens is 1. The molecule has 0 amide bonds. The summed E-state index contributed by atoms with van der Waals surface area (Å²) in [7, 11) is 0. The maximum absolute atomic E-state index is 4.88. The van der Waals surface area contributed by atoms with Crippen molar-refractivity contribution in [3.8, 4) is 28.5 Å². The van der Waals surface area contributed by atoms with Crippen molar-refractivity contribution < 1.29 is 0 Å². The molecule has 0 saturated heterocycles. The van der Waals surface area contributed by atoms with Crippen LogP contribution in [-0.2, 0) is 13.0 Å². The Morgan fingerprint density at radius 3 is 2.39 bits per heavy atom. The zero-order chi connectivity index (χ0) is 24.9. The van der Waals surface area contributed by atoms with Gasteiger partial charge in [0.2, 0.25) is 5.82 Å². The highest BCUT2D eigenvalue weighted by Gasteiger charge is 2.18. The van der Waals surface area contributed by atoms with Crippen molar-refractivity contribution >= 4 is 0 Å². The van der Waals surface area contributed by atoms with Gasteiger partial charge in [-0.15, -0.1) is 10.2 Å². The number of tetrazole rings is 1. The lowest BCUT2D eigenvalue weighted by Gasteiger charge is -2.14. The quantitative estimate of drug-likeness (QED) is 0.272. The molecule has 36 heavy (non-hydrogen) atoms. The van der Waals surface area contributed by atoms with Gasteiger partial charge in [-0.1, -0.05) is 69.7 Å². The van der Waals surface area contributed by atoms with E-state index in [2.05, 4.69) is 93.1 Å². The molecule has 0 saturated carbocycles. The third-order valence-corrected chi connectivity index (χ3v) is 6.60. The van der Waals surface area contributed by atoms with Crippen LogP contribution in [0.2, 0.25) is 0 Å². The summed E-state index contributed by atoms with van der Waals surface area (Å²) in [6.45, 7) is 7.33. The molecule has 1 atom stereocenters. The highest BCUT2D eigenvalue weighted by molar-refractivity contribution is 5.70. The molecule has 0 aliphatic rings. The second-order valence-corrected chi connectivity index (χ2v) is 9.16. The van der Waals surface area contributed by atoms with Crippen LogP contribution in [0, 0.1) is 0 Å². The summed E-state index contributed by atoms with van der Waals surface area (Å²) in [6, 6.07) is 23.1. The largest absolute Gasteiger partial charge is 0.306 e. The highest BCUT2D eigenvalue weighted by Crippen LogP contribution is 2.31. The van der Waals surface area contributed by atoms with E-state index in [1.165, 1.54) is 5.56 Å². The van der Waals surface area contributed by atoms with Crippen LogP contribution in [0.15, 0.2) is 66.7 Å². The molecule has 5 rings (SSSR count). The van der Waals surface area contributed by atoms with Crippen LogP contribution in [0.4, 0.5) is 0 Å². The van der Waals surface area contributed by atoms with Crippen LogP contribution in [0.25, 0.3) is 28.5 Å². The SMILES string of the molecule is CCCCc1nc(C(C)CC)n(Cc2ccc(-n3c(-c4ccccc4)ccc3-c3nn[nH]n3)cc2)n1. The Morgan fingerprint density at radius 1 is 0.917 bits per heavy atom. The Kier molecular flexibility index (Phi) is 7.02. The average molecular weight is 481 g/mol. The third-order valence-electron chi connectivity index (χ3n) is 6.60. The van der Waals surface area contributed by atoms with E-state index in [1.807, 2.05) is 24.3 Å². The molecule has 0 spiro atoms. The van der Waals surface area contributed by atoms with E-state index in [9.17, 15) is 0 Å². The number of aryl methyl sites for hydroxylation is 1. The minimum atomic E-state index is 0.373. The first-order valence-corrected chi connectivity index (χ1v) is 12.7. The number of unbranched alkanes of at least 4 members (excludes halogenated alkanes) is 1. The zero-order valence-electron chi connectivity index (χ0n) is 21.1. The first kappa shape index (κ1) is 23.7. The standard InChI is InChI=1S/C28H32N8/c1-4-6-12-26-29-28(20(3)5-2)35(32-26)19-21-13-15-23(16-14-21)36-24(22-10-8-7-9-11-22)17-18-25(36)27-30-33-34-31-27/h7-11,13-18,20H,4-6,12,19H2,1-3H3,(H,30,31,33,34). The lowest BCUT2D eigenvalue weighted by Crippen LogP contribution is -2.09. The number of aromatic amines is 1. The number of nitrogens with zero attached hydrogens (tertiary/aromatic N) is 7. The summed E-state index contributed by atoms with van der Waals surface area (Å²) >= 11 is 0. The van der Waals surface area contributed by atoms with Crippen LogP contribution in [0.5, 0.6) is 0 Å². The van der Waals surface area contributed by atoms with Gasteiger partial charge in [0, 0.05) is 18.0 Å². The van der Waals surface area contributed by atoms with E-state index in [0.717, 1.165) is 60.0 Å². The average Bonchev–Trinajstić information content (AvgIpc) is 3.68. The van der Waals surface area contributed by atoms with Gasteiger partial charge < -0.3 is 4.57 Å². The molecule has 8 nitrogen and oxygen atoms in total. The van der Waals surface area contributed by atoms with Crippen molar-refractivity contribution in [2.24, 2.45) is 0 Å². The smallest absolute Gasteiger partial charge is 0.221 e. The Labute approximate surface area is 211 Å². The monoisotopic (exact) mass is 480 g/mol. The molecule has 0 aliphatic carbocycles. The maximum Gasteiger partial charge on any atom is 0.221 e. The molecular weight excluding hydrogens is 448 g/mol. The van der Waals surface area contributed by atoms with Gasteiger partial charge in [0.1, 0.15) is 5.82 Å². The molecule has 1 unspecified atom stereocenters. The van der Waals surface area contributed by atoms with Crippen molar-refractivity contribution in [1.29, 1.82) is 0 Å². The Morgan fingerprint density at radius 2 is 1.69 bits per heavy atom. The molecule has 0 bridgehead atoms. The number of benzene rings is 2. The molecule has 2 aromatic carbocycles. The molecule has 0 fully saturated rings. The lowest BCUT2D eigenvalue weighted by molar-refractivity contribution is 0.574. The summed E-state index contributed by atoms with van der Waals surface area (Å²) in [5, 5.41) is 19.6. The maximum atomic E-state index is 4.88. The van der Waals surface area contributed by atoms with Crippen LogP contribution >= 0.6 is 0 Å². The summed E-state index contributed by atoms with van der Waals surface area (Å²) in [5.41, 5.74) is 5.29. The number of hydrogen-bond donors (Lipinski definition) is 1. The second kappa shape index (κ2) is 10.7. The van der Waals surface area contributed by atoms with E-state index < -0.39 is 0 Å². The van der Waals surface area contributed by atoms with Crippen molar-refractivity contribution in [3.63, 3.8) is 0 Å². The highest BCUT2D eigenvalue weighted by atomic mass is 15.5. The van der Waals surface area contributed by atoms with Crippen molar-refractivity contribution in [1.82, 2.24) is 40.0 Å². The van der Waals surface area contributed by atoms with E-state index in [4.69, 9.17) is 10.1 Å². The molecule has 5 aromatic rings. The summed E-state index contributed by atoms with van der Waals surface area (Å²) < 4.78 is 4.26. The third kappa shape index (κ3) is 4.84. The predicted octanol–water partition coefficient (Wildman–Crippen LogP) is 5.82. The second-order valence-electron chi connectivity index (χ2n) is 9.16. The number of aromatic nitrogens is 8. The number of nitrogens with one attached hydrogen (secondary N) is 1. The van der Waals surface area contributed by atoms with Crippen molar-refractivity contribution in [2.75, 3.05) is 0 Å². The molecular formula is C28H32N8. The summed E-state index contributed by atoms with van der Waals surface area (Å²) in [5.74, 6) is 2.96. The van der Waals surface area contributed by atoms with Gasteiger partial charge in [0.25, 0.3) is 0 Å². The van der Waals surface area contributed by atoms with Crippen LogP contribution in [-0.4, -0.2) is 40.0 Å². The van der Waals surface area contributed by atoms with E-state index in [0.29, 0.717) is 18.3 Å². The Balaban J connectivity index is 1.48. The van der Waals surface area contributed by atoms with Crippen LogP contribution in [0.3, 0.4) is 0 Å². The van der Waals surface area contributed by atoms with Crippen LogP contribution in [0.1, 0.15) is 63.2 Å². The van der Waals surface area contributed by atoms with Crippen LogP contribution < -0.4 is 0 Å². The molecule has 1 N–H and O–H groups in total. The molecule has 184 valence electrons. The lowest BCUT2D eigenvalue weighted by atomic mass is 10.1. The van der Waals surface area contributed by atoms with E-state index in [1.54, 1.807) is 0 Å². The van der Waals surface area contributed by atoms with Gasteiger partial charge in [-0.25, -0.2) is 9.67 Å². The number of rotatable bonds is 10. The van der Waals surface area contributed by atoms with Gasteiger partial charge in [-0.3, -0.25) is 0 Å². The normalized spacial score (nSPS) is 12.2. The topological polar surface area (TPSA) is 90.1 Å². The zero-order valence-corrected chi connectivity index (χ0v) is 21.1. The van der Waals surface area contributed by atoms with E-state index >= 15 is 0 Å². The first-order valence-electron chi connectivity index (χ1n) is 12.7.